The van der Waals surface area contributed by atoms with E-state index in [0.717, 1.165) is 0 Å². The molecule has 1 atom stereocenters. The summed E-state index contributed by atoms with van der Waals surface area (Å²) in [6.45, 7) is 3.17. The molecule has 0 rings (SSSR count). The smallest absolute Gasteiger partial charge is 0.384 e. The molecule has 0 aliphatic heterocycles. The zero-order valence-electron chi connectivity index (χ0n) is 6.16. The maximum absolute atomic E-state index is 10.6. The minimum Gasteiger partial charge on any atom is -0.384 e. The van der Waals surface area contributed by atoms with Crippen molar-refractivity contribution < 1.29 is 18.4 Å². The molecule has 1 unspecified atom stereocenters. The molecule has 11 heavy (non-hydrogen) atoms. The second-order valence-electron chi connectivity index (χ2n) is 2.02. The molecule has 0 saturated carbocycles. The Morgan fingerprint density at radius 1 is 1.64 bits per heavy atom. The topological polar surface area (TPSA) is 76.4 Å². The van der Waals surface area contributed by atoms with Crippen molar-refractivity contribution in [1.82, 2.24) is 0 Å². The Kier molecular flexibility index (Phi) is 4.32. The molecule has 0 aliphatic carbocycles. The van der Waals surface area contributed by atoms with Crippen LogP contribution in [0.25, 0.3) is 0 Å². The molecular formula is C5H8NO4P. The fourth-order valence-corrected chi connectivity index (χ4v) is 0.774. The van der Waals surface area contributed by atoms with Crippen LogP contribution in [0.5, 0.6) is 0 Å². The monoisotopic (exact) mass is 177 g/mol. The lowest BCUT2D eigenvalue weighted by atomic mass is 10.2. The van der Waals surface area contributed by atoms with Gasteiger partial charge in [-0.15, -0.1) is 5.26 Å². The van der Waals surface area contributed by atoms with Crippen LogP contribution in [0.1, 0.15) is 13.8 Å². The van der Waals surface area contributed by atoms with E-state index in [2.05, 4.69) is 9.05 Å². The summed E-state index contributed by atoms with van der Waals surface area (Å²) in [6, 6.07) is 0. The summed E-state index contributed by atoms with van der Waals surface area (Å²) in [4.78, 5) is 10.6. The second kappa shape index (κ2) is 4.75. The summed E-state index contributed by atoms with van der Waals surface area (Å²) in [7, 11) is -2.94. The highest BCUT2D eigenvalue weighted by molar-refractivity contribution is 7.34. The van der Waals surface area contributed by atoms with E-state index in [1.807, 2.05) is 0 Å². The molecule has 62 valence electrons. The van der Waals surface area contributed by atoms with Crippen LogP contribution < -0.4 is 0 Å². The van der Waals surface area contributed by atoms with Crippen molar-refractivity contribution in [1.29, 1.82) is 5.26 Å². The lowest BCUT2D eigenvalue weighted by molar-refractivity contribution is -0.137. The van der Waals surface area contributed by atoms with Gasteiger partial charge in [0.25, 0.3) is 6.26 Å². The third-order valence-corrected chi connectivity index (χ3v) is 1.41. The van der Waals surface area contributed by atoms with Crippen LogP contribution in [0.3, 0.4) is 0 Å². The minimum absolute atomic E-state index is 0.369. The van der Waals surface area contributed by atoms with Crippen LogP contribution in [0, 0.1) is 17.4 Å². The fraction of sp³-hybridized carbons (Fsp3) is 0.600. The van der Waals surface area contributed by atoms with E-state index in [4.69, 9.17) is 5.26 Å². The van der Waals surface area contributed by atoms with Crippen molar-refractivity contribution in [3.63, 3.8) is 0 Å². The van der Waals surface area contributed by atoms with Crippen molar-refractivity contribution in [2.75, 3.05) is 0 Å². The molecule has 0 aromatic rings. The molecule has 0 heterocycles. The summed E-state index contributed by atoms with van der Waals surface area (Å²) in [6.07, 6.45) is 1.17. The second-order valence-corrected chi connectivity index (χ2v) is 2.93. The van der Waals surface area contributed by atoms with Crippen LogP contribution in [-0.2, 0) is 18.4 Å². The predicted octanol–water partition coefficient (Wildman–Crippen LogP) is 1.07. The first kappa shape index (κ1) is 9.99. The molecule has 0 aromatic carbocycles. The quantitative estimate of drug-likeness (QED) is 0.476. The largest absolute Gasteiger partial charge is 0.430 e. The first-order valence-electron chi connectivity index (χ1n) is 2.89. The van der Waals surface area contributed by atoms with Crippen molar-refractivity contribution in [3.8, 4) is 6.26 Å². The normalized spacial score (nSPS) is 11.8. The zero-order chi connectivity index (χ0) is 8.85. The Hall–Kier alpha value is -1.01. The molecular weight excluding hydrogens is 169 g/mol. The van der Waals surface area contributed by atoms with Gasteiger partial charge in [-0.3, -0.25) is 4.79 Å². The van der Waals surface area contributed by atoms with Gasteiger partial charge < -0.3 is 9.05 Å². The van der Waals surface area contributed by atoms with Crippen LogP contribution in [0.2, 0.25) is 0 Å². The molecule has 0 fully saturated rings. The fourth-order valence-electron chi connectivity index (χ4n) is 0.258. The maximum Gasteiger partial charge on any atom is 0.430 e. The number of hydrogen-bond acceptors (Lipinski definition) is 5. The number of nitriles is 1. The highest BCUT2D eigenvalue weighted by Crippen LogP contribution is 2.24. The highest BCUT2D eigenvalue weighted by atomic mass is 31.1. The summed E-state index contributed by atoms with van der Waals surface area (Å²) in [5.74, 6) is -1.00. The summed E-state index contributed by atoms with van der Waals surface area (Å²) < 4.78 is 18.5. The first-order chi connectivity index (χ1) is 5.07. The van der Waals surface area contributed by atoms with E-state index < -0.39 is 14.2 Å². The molecule has 0 spiro atoms. The van der Waals surface area contributed by atoms with Gasteiger partial charge in [0.1, 0.15) is 0 Å². The molecule has 0 saturated heterocycles. The number of carbonyl (C=O) groups excluding carboxylic acids is 1. The Morgan fingerprint density at radius 2 is 2.18 bits per heavy atom. The van der Waals surface area contributed by atoms with Crippen molar-refractivity contribution >= 4 is 14.2 Å². The van der Waals surface area contributed by atoms with E-state index in [1.54, 1.807) is 13.8 Å². The minimum atomic E-state index is -2.94. The maximum atomic E-state index is 10.6. The average molecular weight is 177 g/mol. The van der Waals surface area contributed by atoms with E-state index in [1.165, 1.54) is 6.26 Å². The van der Waals surface area contributed by atoms with Gasteiger partial charge in [0.05, 0.1) is 5.92 Å². The van der Waals surface area contributed by atoms with Gasteiger partial charge in [0.15, 0.2) is 0 Å². The molecule has 0 aliphatic rings. The third kappa shape index (κ3) is 4.40. The van der Waals surface area contributed by atoms with Gasteiger partial charge in [0.2, 0.25) is 0 Å². The summed E-state index contributed by atoms with van der Waals surface area (Å²) in [5, 5.41) is 7.85. The van der Waals surface area contributed by atoms with Crippen LogP contribution in [0.4, 0.5) is 0 Å². The van der Waals surface area contributed by atoms with Gasteiger partial charge in [-0.2, -0.15) is 0 Å². The first-order valence-corrected chi connectivity index (χ1v) is 4.12. The van der Waals surface area contributed by atoms with Gasteiger partial charge in [-0.1, -0.05) is 13.8 Å². The zero-order valence-corrected chi connectivity index (χ0v) is 7.16. The standard InChI is InChI=1S/C5H8NO4P/c1-4(2)5(7)10-11(8)9-3-6/h4,11H,1-2H3. The SMILES string of the molecule is CC(C)C(=O)O[PH](=O)OC#N. The van der Waals surface area contributed by atoms with Crippen LogP contribution >= 0.6 is 8.25 Å². The lowest BCUT2D eigenvalue weighted by Crippen LogP contribution is -2.07. The van der Waals surface area contributed by atoms with Crippen molar-refractivity contribution in [3.05, 3.63) is 0 Å². The van der Waals surface area contributed by atoms with E-state index >= 15 is 0 Å². The van der Waals surface area contributed by atoms with Crippen molar-refractivity contribution in [2.24, 2.45) is 5.92 Å². The Morgan fingerprint density at radius 3 is 2.55 bits per heavy atom. The molecule has 5 nitrogen and oxygen atoms in total. The van der Waals surface area contributed by atoms with E-state index in [9.17, 15) is 9.36 Å². The lowest BCUT2D eigenvalue weighted by Gasteiger charge is -2.02. The average Bonchev–Trinajstić information content (AvgIpc) is 1.87. The van der Waals surface area contributed by atoms with E-state index in [0.29, 0.717) is 0 Å². The molecule has 0 radical (unpaired) electrons. The van der Waals surface area contributed by atoms with Gasteiger partial charge in [0, 0.05) is 0 Å². The van der Waals surface area contributed by atoms with Gasteiger partial charge >= 0.3 is 14.2 Å². The summed E-state index contributed by atoms with van der Waals surface area (Å²) >= 11 is 0. The summed E-state index contributed by atoms with van der Waals surface area (Å²) in [5.41, 5.74) is 0. The van der Waals surface area contributed by atoms with E-state index in [-0.39, 0.29) is 5.92 Å². The molecule has 0 aromatic heterocycles. The third-order valence-electron chi connectivity index (χ3n) is 0.784. The van der Waals surface area contributed by atoms with Crippen LogP contribution in [0.15, 0.2) is 0 Å². The van der Waals surface area contributed by atoms with Gasteiger partial charge in [-0.05, 0) is 0 Å². The van der Waals surface area contributed by atoms with Crippen LogP contribution in [-0.4, -0.2) is 5.97 Å². The Labute approximate surface area is 64.9 Å². The molecule has 0 bridgehead atoms. The molecule has 0 amide bonds. The number of rotatable bonds is 3. The Bertz CT molecular complexity index is 207. The number of carbonyl (C=O) groups is 1. The number of nitrogens with zero attached hydrogens (tertiary/aromatic N) is 1. The highest BCUT2D eigenvalue weighted by Gasteiger charge is 2.12. The Balaban J connectivity index is 3.78. The number of hydrogen-bond donors (Lipinski definition) is 0. The van der Waals surface area contributed by atoms with Crippen molar-refractivity contribution in [2.45, 2.75) is 13.8 Å². The van der Waals surface area contributed by atoms with Gasteiger partial charge in [-0.25, -0.2) is 4.57 Å². The molecule has 0 N–H and O–H groups in total. The molecule has 6 heteroatoms. The predicted molar refractivity (Wildman–Crippen MR) is 36.6 cm³/mol.